The van der Waals surface area contributed by atoms with Crippen LogP contribution in [0.3, 0.4) is 0 Å². The van der Waals surface area contributed by atoms with Crippen molar-refractivity contribution in [3.05, 3.63) is 84.0 Å². The summed E-state index contributed by atoms with van der Waals surface area (Å²) in [4.78, 5) is 18.5. The molecule has 1 aromatic carbocycles. The van der Waals surface area contributed by atoms with Crippen LogP contribution in [0.4, 0.5) is 0 Å². The van der Waals surface area contributed by atoms with E-state index in [-0.39, 0.29) is 6.04 Å². The predicted molar refractivity (Wildman–Crippen MR) is 112 cm³/mol. The Morgan fingerprint density at radius 2 is 2.03 bits per heavy atom. The van der Waals surface area contributed by atoms with Gasteiger partial charge < -0.3 is 4.42 Å². The van der Waals surface area contributed by atoms with Crippen molar-refractivity contribution in [3.8, 4) is 17.1 Å². The standard InChI is InChI=1S/C24H19N5O/c1-14-23-22(20-11-25-13-30-20)27-12-29(23)19-6-5-15(24-9-16(24)10-24)8-17(19)21(28-14)18-4-2-3-7-26-18/h2-8,11-14,16H,9-10H2,1H3/t14-,16-,24+/m0/s1. The highest BCUT2D eigenvalue weighted by molar-refractivity contribution is 6.14. The number of nitrogens with zero attached hydrogens (tertiary/aromatic N) is 5. The Labute approximate surface area is 173 Å². The van der Waals surface area contributed by atoms with Crippen molar-refractivity contribution >= 4 is 5.71 Å². The van der Waals surface area contributed by atoms with E-state index in [2.05, 4.69) is 44.6 Å². The van der Waals surface area contributed by atoms with Crippen molar-refractivity contribution in [2.75, 3.05) is 0 Å². The van der Waals surface area contributed by atoms with Gasteiger partial charge in [0.25, 0.3) is 0 Å². The molecule has 3 aromatic heterocycles. The second-order valence-electron chi connectivity index (χ2n) is 8.58. The van der Waals surface area contributed by atoms with Crippen LogP contribution in [-0.2, 0) is 5.41 Å². The van der Waals surface area contributed by atoms with Gasteiger partial charge in [-0.2, -0.15) is 0 Å². The van der Waals surface area contributed by atoms with Gasteiger partial charge in [-0.3, -0.25) is 14.5 Å². The summed E-state index contributed by atoms with van der Waals surface area (Å²) in [6.45, 7) is 2.10. The van der Waals surface area contributed by atoms with Crippen LogP contribution < -0.4 is 0 Å². The zero-order valence-electron chi connectivity index (χ0n) is 16.5. The molecule has 1 aliphatic heterocycles. The lowest BCUT2D eigenvalue weighted by Gasteiger charge is -2.14. The molecule has 6 nitrogen and oxygen atoms in total. The molecule has 0 amide bonds. The van der Waals surface area contributed by atoms with E-state index in [1.165, 1.54) is 24.8 Å². The Hall–Kier alpha value is -3.54. The first-order chi connectivity index (χ1) is 14.7. The third-order valence-corrected chi connectivity index (χ3v) is 6.86. The molecular weight excluding hydrogens is 374 g/mol. The molecule has 4 aromatic rings. The third kappa shape index (κ3) is 2.13. The van der Waals surface area contributed by atoms with Gasteiger partial charge in [0.2, 0.25) is 0 Å². The Morgan fingerprint density at radius 1 is 1.13 bits per heavy atom. The Kier molecular flexibility index (Phi) is 3.00. The fourth-order valence-corrected chi connectivity index (χ4v) is 4.92. The van der Waals surface area contributed by atoms with Crippen molar-refractivity contribution in [2.24, 2.45) is 10.9 Å². The van der Waals surface area contributed by atoms with Crippen LogP contribution in [0.1, 0.15) is 48.3 Å². The van der Waals surface area contributed by atoms with Crippen LogP contribution in [0.2, 0.25) is 0 Å². The van der Waals surface area contributed by atoms with E-state index in [4.69, 9.17) is 9.41 Å². The van der Waals surface area contributed by atoms with Crippen LogP contribution >= 0.6 is 0 Å². The largest absolute Gasteiger partial charge is 0.442 e. The fourth-order valence-electron chi connectivity index (χ4n) is 4.92. The molecule has 1 atom stereocenters. The zero-order valence-corrected chi connectivity index (χ0v) is 16.5. The molecule has 4 heterocycles. The molecule has 3 aliphatic rings. The van der Waals surface area contributed by atoms with Crippen molar-refractivity contribution in [2.45, 2.75) is 31.2 Å². The molecule has 7 rings (SSSR count). The number of hydrogen-bond acceptors (Lipinski definition) is 5. The van der Waals surface area contributed by atoms with Crippen LogP contribution in [0.15, 0.2) is 70.9 Å². The van der Waals surface area contributed by atoms with E-state index in [0.29, 0.717) is 11.2 Å². The van der Waals surface area contributed by atoms with E-state index < -0.39 is 0 Å². The number of rotatable bonds is 3. The molecule has 2 fully saturated rings. The second-order valence-corrected chi connectivity index (χ2v) is 8.58. The molecule has 2 saturated carbocycles. The van der Waals surface area contributed by atoms with Gasteiger partial charge in [-0.15, -0.1) is 0 Å². The van der Waals surface area contributed by atoms with Crippen LogP contribution in [0, 0.1) is 5.92 Å². The quantitative estimate of drug-likeness (QED) is 0.514. The van der Waals surface area contributed by atoms with Crippen LogP contribution in [-0.4, -0.2) is 25.2 Å². The number of hydrogen-bond donors (Lipinski definition) is 0. The molecule has 6 heteroatoms. The smallest absolute Gasteiger partial charge is 0.181 e. The summed E-state index contributed by atoms with van der Waals surface area (Å²) in [5.74, 6) is 1.54. The first-order valence-corrected chi connectivity index (χ1v) is 10.4. The van der Waals surface area contributed by atoms with Gasteiger partial charge in [0.1, 0.15) is 12.0 Å². The minimum absolute atomic E-state index is 0.117. The highest BCUT2D eigenvalue weighted by atomic mass is 16.3. The minimum Gasteiger partial charge on any atom is -0.442 e. The van der Waals surface area contributed by atoms with Gasteiger partial charge in [-0.05, 0) is 60.9 Å². The highest BCUT2D eigenvalue weighted by Gasteiger charge is 2.70. The molecular formula is C24H19N5O. The molecule has 146 valence electrons. The summed E-state index contributed by atoms with van der Waals surface area (Å²) in [6.07, 6.45) is 9.48. The average Bonchev–Trinajstić information content (AvgIpc) is 3.48. The van der Waals surface area contributed by atoms with Crippen molar-refractivity contribution in [1.29, 1.82) is 0 Å². The summed E-state index contributed by atoms with van der Waals surface area (Å²) in [6, 6.07) is 12.7. The number of pyridine rings is 1. The van der Waals surface area contributed by atoms with E-state index in [1.54, 1.807) is 6.20 Å². The van der Waals surface area contributed by atoms with Gasteiger partial charge in [0.15, 0.2) is 12.2 Å². The van der Waals surface area contributed by atoms with Crippen LogP contribution in [0.5, 0.6) is 0 Å². The second kappa shape index (κ2) is 5.53. The Morgan fingerprint density at radius 3 is 2.77 bits per heavy atom. The topological polar surface area (TPSA) is 69.1 Å². The van der Waals surface area contributed by atoms with E-state index >= 15 is 0 Å². The Balaban J connectivity index is 1.49. The molecule has 0 saturated heterocycles. The van der Waals surface area contributed by atoms with Crippen LogP contribution in [0.25, 0.3) is 17.1 Å². The zero-order chi connectivity index (χ0) is 19.9. The van der Waals surface area contributed by atoms with Gasteiger partial charge in [0.05, 0.1) is 35.0 Å². The summed E-state index contributed by atoms with van der Waals surface area (Å²) in [5, 5.41) is 0. The predicted octanol–water partition coefficient (Wildman–Crippen LogP) is 4.50. The van der Waals surface area contributed by atoms with Crippen molar-refractivity contribution in [3.63, 3.8) is 0 Å². The number of aromatic nitrogens is 4. The maximum atomic E-state index is 5.56. The number of aliphatic imine (C=N–C) groups is 1. The van der Waals surface area contributed by atoms with Crippen molar-refractivity contribution < 1.29 is 4.42 Å². The lowest BCUT2D eigenvalue weighted by atomic mass is 9.96. The first-order valence-electron chi connectivity index (χ1n) is 10.4. The number of benzene rings is 1. The summed E-state index contributed by atoms with van der Waals surface area (Å²) < 4.78 is 7.71. The van der Waals surface area contributed by atoms with Gasteiger partial charge in [-0.1, -0.05) is 12.1 Å². The van der Waals surface area contributed by atoms with Gasteiger partial charge in [-0.25, -0.2) is 9.97 Å². The highest BCUT2D eigenvalue weighted by Crippen LogP contribution is 2.75. The minimum atomic E-state index is -0.117. The monoisotopic (exact) mass is 393 g/mol. The van der Waals surface area contributed by atoms with Gasteiger partial charge >= 0.3 is 0 Å². The lowest BCUT2D eigenvalue weighted by molar-refractivity contribution is 0.568. The molecule has 2 aliphatic carbocycles. The fraction of sp³-hybridized carbons (Fsp3) is 0.250. The third-order valence-electron chi connectivity index (χ3n) is 6.86. The van der Waals surface area contributed by atoms with Gasteiger partial charge in [0, 0.05) is 11.8 Å². The molecule has 0 unspecified atom stereocenters. The van der Waals surface area contributed by atoms with E-state index in [1.807, 2.05) is 30.7 Å². The molecule has 0 radical (unpaired) electrons. The SMILES string of the molecule is C[C@@H]1N=C(c2ccccn2)c2cc([C@]34C[C@H]3C4)ccc2-n2cnc(-c3cnco3)c21. The Bertz CT molecular complexity index is 1310. The molecule has 30 heavy (non-hydrogen) atoms. The van der Waals surface area contributed by atoms with Crippen molar-refractivity contribution in [1.82, 2.24) is 19.5 Å². The van der Waals surface area contributed by atoms with E-state index in [0.717, 1.165) is 40.0 Å². The summed E-state index contributed by atoms with van der Waals surface area (Å²) in [5.41, 5.74) is 7.67. The average molecular weight is 393 g/mol. The van der Waals surface area contributed by atoms with E-state index in [9.17, 15) is 0 Å². The summed E-state index contributed by atoms with van der Waals surface area (Å²) >= 11 is 0. The normalized spacial score (nSPS) is 25.6. The maximum Gasteiger partial charge on any atom is 0.181 e. The lowest BCUT2D eigenvalue weighted by Crippen LogP contribution is -2.10. The molecule has 0 N–H and O–H groups in total. The number of oxazole rings is 1. The maximum absolute atomic E-state index is 5.56. The first kappa shape index (κ1) is 16.3. The number of imidazole rings is 1. The molecule has 0 spiro atoms. The summed E-state index contributed by atoms with van der Waals surface area (Å²) in [7, 11) is 0. The number of fused-ring (bicyclic) bond motifs is 4. The molecule has 0 bridgehead atoms.